The topological polar surface area (TPSA) is 89.8 Å². The lowest BCUT2D eigenvalue weighted by molar-refractivity contribution is -0.139. The molecule has 0 spiro atoms. The predicted octanol–water partition coefficient (Wildman–Crippen LogP) is -0.283. The normalized spacial score (nSPS) is 21.5. The van der Waals surface area contributed by atoms with Gasteiger partial charge in [-0.3, -0.25) is 4.79 Å². The van der Waals surface area contributed by atoms with E-state index >= 15 is 0 Å². The van der Waals surface area contributed by atoms with E-state index in [1.807, 2.05) is 0 Å². The van der Waals surface area contributed by atoms with Crippen LogP contribution in [0.3, 0.4) is 0 Å². The zero-order valence-corrected chi connectivity index (χ0v) is 8.78. The Morgan fingerprint density at radius 3 is 2.47 bits per heavy atom. The first-order valence-electron chi connectivity index (χ1n) is 5.34. The van der Waals surface area contributed by atoms with Gasteiger partial charge in [-0.05, 0) is 12.8 Å². The fourth-order valence-electron chi connectivity index (χ4n) is 2.05. The Morgan fingerprint density at radius 2 is 2.00 bits per heavy atom. The lowest BCUT2D eigenvalue weighted by Crippen LogP contribution is -2.49. The van der Waals surface area contributed by atoms with Crippen molar-refractivity contribution in [2.75, 3.05) is 13.2 Å². The summed E-state index contributed by atoms with van der Waals surface area (Å²) >= 11 is 0. The van der Waals surface area contributed by atoms with Crippen LogP contribution in [0.4, 0.5) is 0 Å². The van der Waals surface area contributed by atoms with Gasteiger partial charge >= 0.3 is 5.97 Å². The summed E-state index contributed by atoms with van der Waals surface area (Å²) in [5, 5.41) is 30.2. The van der Waals surface area contributed by atoms with E-state index < -0.39 is 12.1 Å². The highest BCUT2D eigenvalue weighted by molar-refractivity contribution is 5.67. The van der Waals surface area contributed by atoms with Crippen LogP contribution in [-0.2, 0) is 4.79 Å². The van der Waals surface area contributed by atoms with Crippen LogP contribution in [0, 0.1) is 0 Å². The third kappa shape index (κ3) is 3.77. The summed E-state index contributed by atoms with van der Waals surface area (Å²) in [5.41, 5.74) is -0.292. The van der Waals surface area contributed by atoms with E-state index in [1.165, 1.54) is 0 Å². The number of carboxylic acid groups (broad SMARTS) is 1. The summed E-state index contributed by atoms with van der Waals surface area (Å²) < 4.78 is 0. The van der Waals surface area contributed by atoms with E-state index in [4.69, 9.17) is 5.11 Å². The number of aliphatic hydroxyl groups is 2. The van der Waals surface area contributed by atoms with Crippen molar-refractivity contribution < 1.29 is 20.1 Å². The molecule has 1 unspecified atom stereocenters. The molecule has 1 aliphatic carbocycles. The molecule has 1 aliphatic rings. The van der Waals surface area contributed by atoms with E-state index in [1.54, 1.807) is 0 Å². The molecular formula is C10H19NO4. The van der Waals surface area contributed by atoms with Gasteiger partial charge in [0.2, 0.25) is 0 Å². The fourth-order valence-corrected chi connectivity index (χ4v) is 2.05. The first-order chi connectivity index (χ1) is 7.08. The van der Waals surface area contributed by atoms with Gasteiger partial charge in [-0.1, -0.05) is 12.8 Å². The third-order valence-corrected chi connectivity index (χ3v) is 2.99. The Kier molecular flexibility index (Phi) is 4.50. The molecule has 0 radical (unpaired) electrons. The number of carboxylic acids is 1. The number of rotatable bonds is 6. The molecule has 0 amide bonds. The van der Waals surface area contributed by atoms with Gasteiger partial charge in [0.1, 0.15) is 0 Å². The first kappa shape index (κ1) is 12.4. The minimum atomic E-state index is -1.01. The number of β-amino-alcohol motifs (C(OH)–C–C–N with tert-alkyl or cyclic N) is 1. The fraction of sp³-hybridized carbons (Fsp3) is 0.900. The third-order valence-electron chi connectivity index (χ3n) is 2.99. The number of aliphatic carboxylic acids is 1. The second kappa shape index (κ2) is 5.44. The summed E-state index contributed by atoms with van der Waals surface area (Å²) in [7, 11) is 0. The van der Waals surface area contributed by atoms with Crippen molar-refractivity contribution in [3.8, 4) is 0 Å². The second-order valence-corrected chi connectivity index (χ2v) is 4.28. The van der Waals surface area contributed by atoms with Crippen molar-refractivity contribution >= 4 is 5.97 Å². The Balaban J connectivity index is 2.30. The van der Waals surface area contributed by atoms with Crippen LogP contribution in [0.25, 0.3) is 0 Å². The maximum absolute atomic E-state index is 10.3. The quantitative estimate of drug-likeness (QED) is 0.491. The Labute approximate surface area is 89.1 Å². The SMILES string of the molecule is O=C(O)CC(O)CNC1(CO)CCCC1. The molecule has 88 valence electrons. The van der Waals surface area contributed by atoms with Gasteiger partial charge in [-0.15, -0.1) is 0 Å². The van der Waals surface area contributed by atoms with Crippen LogP contribution in [0.5, 0.6) is 0 Å². The molecule has 0 aromatic carbocycles. The average molecular weight is 217 g/mol. The van der Waals surface area contributed by atoms with Crippen molar-refractivity contribution in [2.24, 2.45) is 0 Å². The van der Waals surface area contributed by atoms with Gasteiger partial charge in [0.15, 0.2) is 0 Å². The van der Waals surface area contributed by atoms with Crippen molar-refractivity contribution in [3.63, 3.8) is 0 Å². The lowest BCUT2D eigenvalue weighted by atomic mass is 9.98. The zero-order chi connectivity index (χ0) is 11.3. The summed E-state index contributed by atoms with van der Waals surface area (Å²) in [6, 6.07) is 0. The molecule has 5 heteroatoms. The van der Waals surface area contributed by atoms with Crippen LogP contribution in [-0.4, -0.2) is 46.1 Å². The number of nitrogens with one attached hydrogen (secondary N) is 1. The number of aliphatic hydroxyl groups excluding tert-OH is 2. The number of hydrogen-bond donors (Lipinski definition) is 4. The molecule has 5 nitrogen and oxygen atoms in total. The van der Waals surface area contributed by atoms with Gasteiger partial charge in [-0.25, -0.2) is 0 Å². The van der Waals surface area contributed by atoms with Gasteiger partial charge < -0.3 is 20.6 Å². The molecule has 0 heterocycles. The Morgan fingerprint density at radius 1 is 1.40 bits per heavy atom. The van der Waals surface area contributed by atoms with Gasteiger partial charge in [0.25, 0.3) is 0 Å². The highest BCUT2D eigenvalue weighted by atomic mass is 16.4. The Hall–Kier alpha value is -0.650. The average Bonchev–Trinajstić information content (AvgIpc) is 2.63. The smallest absolute Gasteiger partial charge is 0.306 e. The van der Waals surface area contributed by atoms with Gasteiger partial charge in [0.05, 0.1) is 19.1 Å². The monoisotopic (exact) mass is 217 g/mol. The van der Waals surface area contributed by atoms with Crippen molar-refractivity contribution in [1.82, 2.24) is 5.32 Å². The molecule has 1 atom stereocenters. The van der Waals surface area contributed by atoms with E-state index in [0.29, 0.717) is 0 Å². The summed E-state index contributed by atoms with van der Waals surface area (Å²) in [6.07, 6.45) is 2.79. The molecule has 4 N–H and O–H groups in total. The molecule has 0 saturated heterocycles. The lowest BCUT2D eigenvalue weighted by Gasteiger charge is -2.29. The number of hydrogen-bond acceptors (Lipinski definition) is 4. The summed E-state index contributed by atoms with van der Waals surface area (Å²) in [4.78, 5) is 10.3. The summed E-state index contributed by atoms with van der Waals surface area (Å²) in [5.74, 6) is -1.01. The van der Waals surface area contributed by atoms with Crippen LogP contribution >= 0.6 is 0 Å². The van der Waals surface area contributed by atoms with Crippen molar-refractivity contribution in [1.29, 1.82) is 0 Å². The molecule has 15 heavy (non-hydrogen) atoms. The zero-order valence-electron chi connectivity index (χ0n) is 8.78. The molecule has 1 fully saturated rings. The van der Waals surface area contributed by atoms with Crippen molar-refractivity contribution in [3.05, 3.63) is 0 Å². The minimum absolute atomic E-state index is 0.0484. The van der Waals surface area contributed by atoms with Crippen LogP contribution in [0.2, 0.25) is 0 Å². The van der Waals surface area contributed by atoms with E-state index in [-0.39, 0.29) is 25.1 Å². The number of carbonyl (C=O) groups is 1. The molecular weight excluding hydrogens is 198 g/mol. The van der Waals surface area contributed by atoms with E-state index in [2.05, 4.69) is 5.32 Å². The predicted molar refractivity (Wildman–Crippen MR) is 54.5 cm³/mol. The molecule has 1 rings (SSSR count). The summed E-state index contributed by atoms with van der Waals surface area (Å²) in [6.45, 7) is 0.277. The van der Waals surface area contributed by atoms with Crippen molar-refractivity contribution in [2.45, 2.75) is 43.7 Å². The van der Waals surface area contributed by atoms with Crippen LogP contribution in [0.1, 0.15) is 32.1 Å². The standard InChI is InChI=1S/C10H19NO4/c12-7-10(3-1-2-4-10)11-6-8(13)5-9(14)15/h8,11-13H,1-7H2,(H,14,15). The van der Waals surface area contributed by atoms with Crippen LogP contribution in [0.15, 0.2) is 0 Å². The maximum Gasteiger partial charge on any atom is 0.306 e. The van der Waals surface area contributed by atoms with Gasteiger partial charge in [-0.2, -0.15) is 0 Å². The highest BCUT2D eigenvalue weighted by Crippen LogP contribution is 2.28. The first-order valence-corrected chi connectivity index (χ1v) is 5.34. The van der Waals surface area contributed by atoms with E-state index in [9.17, 15) is 15.0 Å². The van der Waals surface area contributed by atoms with Gasteiger partial charge in [0, 0.05) is 12.1 Å². The second-order valence-electron chi connectivity index (χ2n) is 4.28. The minimum Gasteiger partial charge on any atom is -0.481 e. The van der Waals surface area contributed by atoms with E-state index in [0.717, 1.165) is 25.7 Å². The molecule has 0 aliphatic heterocycles. The maximum atomic E-state index is 10.3. The Bertz CT molecular complexity index is 213. The molecule has 0 aromatic heterocycles. The molecule has 0 aromatic rings. The highest BCUT2D eigenvalue weighted by Gasteiger charge is 2.32. The largest absolute Gasteiger partial charge is 0.481 e. The molecule has 0 bridgehead atoms. The molecule has 1 saturated carbocycles. The van der Waals surface area contributed by atoms with Crippen LogP contribution < -0.4 is 5.32 Å².